The molecule has 4 nitrogen and oxygen atoms in total. The van der Waals surface area contributed by atoms with E-state index < -0.39 is 0 Å². The van der Waals surface area contributed by atoms with Crippen LogP contribution in [0.1, 0.15) is 17.7 Å². The van der Waals surface area contributed by atoms with Gasteiger partial charge < -0.3 is 9.88 Å². The Morgan fingerprint density at radius 1 is 1.29 bits per heavy atom. The molecule has 1 unspecified atom stereocenters. The molecule has 0 bridgehead atoms. The lowest BCUT2D eigenvalue weighted by Crippen LogP contribution is -2.29. The molecule has 1 aromatic heterocycles. The van der Waals surface area contributed by atoms with Crippen LogP contribution in [-0.2, 0) is 17.8 Å². The summed E-state index contributed by atoms with van der Waals surface area (Å²) in [6, 6.07) is 15.8. The molecule has 4 heteroatoms. The van der Waals surface area contributed by atoms with Crippen LogP contribution >= 0.6 is 0 Å². The van der Waals surface area contributed by atoms with E-state index in [9.17, 15) is 4.79 Å². The van der Waals surface area contributed by atoms with Crippen molar-refractivity contribution in [1.29, 1.82) is 5.26 Å². The molecule has 1 N–H and O–H groups in total. The first-order valence-corrected chi connectivity index (χ1v) is 7.05. The van der Waals surface area contributed by atoms with E-state index in [4.69, 9.17) is 5.26 Å². The van der Waals surface area contributed by atoms with Crippen molar-refractivity contribution in [3.05, 3.63) is 59.9 Å². The van der Waals surface area contributed by atoms with Crippen LogP contribution in [0.25, 0.3) is 0 Å². The lowest BCUT2D eigenvalue weighted by molar-refractivity contribution is -0.124. The number of nitrogens with one attached hydrogen (secondary N) is 1. The van der Waals surface area contributed by atoms with Crippen molar-refractivity contribution in [2.45, 2.75) is 19.4 Å². The third-order valence-corrected chi connectivity index (χ3v) is 3.60. The highest BCUT2D eigenvalue weighted by Gasteiger charge is 2.18. The molecule has 108 valence electrons. The van der Waals surface area contributed by atoms with Gasteiger partial charge in [0, 0.05) is 25.7 Å². The number of hydrogen-bond acceptors (Lipinski definition) is 2. The average molecular weight is 281 g/mol. The molecule has 0 saturated heterocycles. The number of carbonyl (C=O) groups is 1. The number of benzene rings is 1. The van der Waals surface area contributed by atoms with E-state index in [-0.39, 0.29) is 11.8 Å². The van der Waals surface area contributed by atoms with Crippen molar-refractivity contribution in [2.24, 2.45) is 5.92 Å². The molecule has 0 fully saturated rings. The van der Waals surface area contributed by atoms with Crippen LogP contribution in [0, 0.1) is 17.2 Å². The number of hydrogen-bond donors (Lipinski definition) is 1. The van der Waals surface area contributed by atoms with E-state index >= 15 is 0 Å². The van der Waals surface area contributed by atoms with Crippen molar-refractivity contribution in [3.8, 4) is 6.07 Å². The van der Waals surface area contributed by atoms with Crippen LogP contribution in [0.4, 0.5) is 0 Å². The minimum atomic E-state index is -0.0913. The molecule has 1 amide bonds. The van der Waals surface area contributed by atoms with E-state index in [0.717, 1.165) is 5.56 Å². The number of aryl methyl sites for hydroxylation is 1. The smallest absolute Gasteiger partial charge is 0.223 e. The summed E-state index contributed by atoms with van der Waals surface area (Å²) in [5.74, 6) is -0.0455. The van der Waals surface area contributed by atoms with Crippen molar-refractivity contribution in [3.63, 3.8) is 0 Å². The Balaban J connectivity index is 2.04. The number of aromatic nitrogens is 1. The molecule has 2 aromatic rings. The maximum Gasteiger partial charge on any atom is 0.223 e. The van der Waals surface area contributed by atoms with Crippen LogP contribution < -0.4 is 5.32 Å². The highest BCUT2D eigenvalue weighted by atomic mass is 16.1. The second-order valence-electron chi connectivity index (χ2n) is 4.99. The van der Waals surface area contributed by atoms with Crippen LogP contribution in [0.5, 0.6) is 0 Å². The largest absolute Gasteiger partial charge is 0.359 e. The van der Waals surface area contributed by atoms with Crippen molar-refractivity contribution < 1.29 is 4.79 Å². The minimum Gasteiger partial charge on any atom is -0.359 e. The highest BCUT2D eigenvalue weighted by molar-refractivity contribution is 5.78. The number of nitrogens with zero attached hydrogens (tertiary/aromatic N) is 2. The first kappa shape index (κ1) is 14.9. The molecule has 1 heterocycles. The summed E-state index contributed by atoms with van der Waals surface area (Å²) in [6.07, 6.45) is 3.30. The van der Waals surface area contributed by atoms with Gasteiger partial charge in [-0.05, 0) is 30.5 Å². The third kappa shape index (κ3) is 3.96. The fourth-order valence-corrected chi connectivity index (χ4v) is 2.43. The minimum absolute atomic E-state index is 0.0458. The zero-order valence-corrected chi connectivity index (χ0v) is 12.1. The van der Waals surface area contributed by atoms with Crippen LogP contribution in [-0.4, -0.2) is 17.5 Å². The molecular weight excluding hydrogens is 262 g/mol. The van der Waals surface area contributed by atoms with Gasteiger partial charge in [0.05, 0.1) is 0 Å². The van der Waals surface area contributed by atoms with Gasteiger partial charge >= 0.3 is 0 Å². The molecule has 0 aliphatic rings. The topological polar surface area (TPSA) is 57.8 Å². The Hall–Kier alpha value is -2.54. The van der Waals surface area contributed by atoms with Gasteiger partial charge in [-0.15, -0.1) is 0 Å². The maximum absolute atomic E-state index is 12.0. The van der Waals surface area contributed by atoms with Gasteiger partial charge in [-0.1, -0.05) is 30.3 Å². The SMILES string of the molecule is CNC(=O)C(CCn1cccc1C#N)Cc1ccccc1. The Bertz CT molecular complexity index is 625. The quantitative estimate of drug-likeness (QED) is 0.883. The molecule has 0 radical (unpaired) electrons. The Morgan fingerprint density at radius 3 is 2.71 bits per heavy atom. The zero-order valence-electron chi connectivity index (χ0n) is 12.1. The number of nitriles is 1. The van der Waals surface area contributed by atoms with E-state index in [1.54, 1.807) is 13.1 Å². The first-order chi connectivity index (χ1) is 10.2. The molecule has 0 aliphatic heterocycles. The average Bonchev–Trinajstić information content (AvgIpc) is 2.99. The standard InChI is InChI=1S/C17H19N3O/c1-19-17(21)15(12-14-6-3-2-4-7-14)9-11-20-10-5-8-16(20)13-18/h2-8,10,15H,9,11-12H2,1H3,(H,19,21). The summed E-state index contributed by atoms with van der Waals surface area (Å²) < 4.78 is 1.89. The molecule has 1 atom stereocenters. The molecule has 0 aliphatic carbocycles. The zero-order chi connectivity index (χ0) is 15.1. The number of carbonyl (C=O) groups excluding carboxylic acids is 1. The van der Waals surface area contributed by atoms with Gasteiger partial charge in [-0.25, -0.2) is 0 Å². The predicted molar refractivity (Wildman–Crippen MR) is 81.5 cm³/mol. The van der Waals surface area contributed by atoms with Crippen LogP contribution in [0.2, 0.25) is 0 Å². The van der Waals surface area contributed by atoms with Gasteiger partial charge in [0.1, 0.15) is 11.8 Å². The molecule has 0 saturated carbocycles. The number of rotatable bonds is 6. The summed E-state index contributed by atoms with van der Waals surface area (Å²) in [6.45, 7) is 0.667. The summed E-state index contributed by atoms with van der Waals surface area (Å²) in [7, 11) is 1.66. The molecular formula is C17H19N3O. The summed E-state index contributed by atoms with van der Waals surface area (Å²) >= 11 is 0. The normalized spacial score (nSPS) is 11.6. The van der Waals surface area contributed by atoms with Crippen molar-refractivity contribution in [2.75, 3.05) is 7.05 Å². The van der Waals surface area contributed by atoms with Gasteiger partial charge in [0.25, 0.3) is 0 Å². The van der Waals surface area contributed by atoms with Crippen LogP contribution in [0.3, 0.4) is 0 Å². The molecule has 1 aromatic carbocycles. The van der Waals surface area contributed by atoms with E-state index in [2.05, 4.69) is 11.4 Å². The fraction of sp³-hybridized carbons (Fsp3) is 0.294. The second-order valence-corrected chi connectivity index (χ2v) is 4.99. The molecule has 21 heavy (non-hydrogen) atoms. The van der Waals surface area contributed by atoms with Crippen molar-refractivity contribution in [1.82, 2.24) is 9.88 Å². The highest BCUT2D eigenvalue weighted by Crippen LogP contribution is 2.15. The Morgan fingerprint density at radius 2 is 2.05 bits per heavy atom. The number of amides is 1. The Labute approximate surface area is 125 Å². The first-order valence-electron chi connectivity index (χ1n) is 7.05. The monoisotopic (exact) mass is 281 g/mol. The van der Waals surface area contributed by atoms with E-state index in [0.29, 0.717) is 25.1 Å². The van der Waals surface area contributed by atoms with Gasteiger partial charge in [-0.2, -0.15) is 5.26 Å². The summed E-state index contributed by atoms with van der Waals surface area (Å²) in [5, 5.41) is 11.7. The fourth-order valence-electron chi connectivity index (χ4n) is 2.43. The van der Waals surface area contributed by atoms with Gasteiger partial charge in [0.15, 0.2) is 0 Å². The van der Waals surface area contributed by atoms with E-state index in [1.807, 2.05) is 47.2 Å². The maximum atomic E-state index is 12.0. The Kier molecular flexibility index (Phi) is 5.16. The van der Waals surface area contributed by atoms with E-state index in [1.165, 1.54) is 0 Å². The van der Waals surface area contributed by atoms with Crippen molar-refractivity contribution >= 4 is 5.91 Å². The van der Waals surface area contributed by atoms with Crippen LogP contribution in [0.15, 0.2) is 48.7 Å². The summed E-state index contributed by atoms with van der Waals surface area (Å²) in [4.78, 5) is 12.0. The third-order valence-electron chi connectivity index (χ3n) is 3.60. The second kappa shape index (κ2) is 7.30. The van der Waals surface area contributed by atoms with Gasteiger partial charge in [-0.3, -0.25) is 4.79 Å². The van der Waals surface area contributed by atoms with Gasteiger partial charge in [0.2, 0.25) is 5.91 Å². The lowest BCUT2D eigenvalue weighted by Gasteiger charge is -2.16. The predicted octanol–water partition coefficient (Wildman–Crippen LogP) is 2.35. The lowest BCUT2D eigenvalue weighted by atomic mass is 9.95. The summed E-state index contributed by atoms with van der Waals surface area (Å²) in [5.41, 5.74) is 1.78. The molecule has 0 spiro atoms. The molecule has 2 rings (SSSR count).